The Labute approximate surface area is 129 Å². The zero-order chi connectivity index (χ0) is 15.1. The number of nitrogens with two attached hydrogens (primary N) is 1. The van der Waals surface area contributed by atoms with Crippen molar-refractivity contribution in [1.29, 1.82) is 0 Å². The molecule has 3 rings (SSSR count). The summed E-state index contributed by atoms with van der Waals surface area (Å²) in [6.45, 7) is 6.04. The molecular formula is C19H30N2. The van der Waals surface area contributed by atoms with Crippen molar-refractivity contribution in [3.05, 3.63) is 29.8 Å². The molecule has 2 saturated carbocycles. The molecule has 0 heterocycles. The van der Waals surface area contributed by atoms with Gasteiger partial charge in [0.1, 0.15) is 0 Å². The Bertz CT molecular complexity index is 475. The Kier molecular flexibility index (Phi) is 3.77. The van der Waals surface area contributed by atoms with Gasteiger partial charge < -0.3 is 10.6 Å². The maximum Gasteiger partial charge on any atom is 0.0314 e. The zero-order valence-electron chi connectivity index (χ0n) is 13.9. The average Bonchev–Trinajstić information content (AvgIpc) is 3.20. The minimum atomic E-state index is 0.412. The van der Waals surface area contributed by atoms with Gasteiger partial charge in [-0.05, 0) is 68.7 Å². The molecule has 0 saturated heterocycles. The van der Waals surface area contributed by atoms with Gasteiger partial charge in [-0.3, -0.25) is 0 Å². The summed E-state index contributed by atoms with van der Waals surface area (Å²) < 4.78 is 0. The van der Waals surface area contributed by atoms with Crippen LogP contribution in [0.25, 0.3) is 0 Å². The predicted octanol–water partition coefficient (Wildman–Crippen LogP) is 4.20. The van der Waals surface area contributed by atoms with Crippen LogP contribution < -0.4 is 5.73 Å². The topological polar surface area (TPSA) is 29.3 Å². The number of hydrogen-bond acceptors (Lipinski definition) is 2. The molecule has 0 spiro atoms. The van der Waals surface area contributed by atoms with Crippen LogP contribution in [0.5, 0.6) is 0 Å². The van der Waals surface area contributed by atoms with Crippen LogP contribution in [-0.2, 0) is 5.41 Å². The highest BCUT2D eigenvalue weighted by atomic mass is 15.1. The molecule has 0 radical (unpaired) electrons. The van der Waals surface area contributed by atoms with Gasteiger partial charge in [-0.25, -0.2) is 0 Å². The van der Waals surface area contributed by atoms with Crippen molar-refractivity contribution in [1.82, 2.24) is 4.90 Å². The van der Waals surface area contributed by atoms with E-state index in [9.17, 15) is 0 Å². The Morgan fingerprint density at radius 3 is 2.14 bits per heavy atom. The van der Waals surface area contributed by atoms with Crippen molar-refractivity contribution in [3.63, 3.8) is 0 Å². The standard InChI is InChI=1S/C19H30N2/c1-18(2)10-8-17(9-11-18)21(3)14-19(12-13-19)15-4-6-16(20)7-5-15/h4-7,17H,8-14,20H2,1-3H3. The van der Waals surface area contributed by atoms with Crippen LogP contribution in [0.15, 0.2) is 24.3 Å². The molecule has 0 bridgehead atoms. The summed E-state index contributed by atoms with van der Waals surface area (Å²) in [4.78, 5) is 2.64. The third kappa shape index (κ3) is 3.26. The summed E-state index contributed by atoms with van der Waals surface area (Å²) in [6, 6.07) is 9.36. The second-order valence-corrected chi connectivity index (χ2v) is 8.21. The SMILES string of the molecule is CN(CC1(c2ccc(N)cc2)CC1)C1CCC(C)(C)CC1. The molecule has 2 heteroatoms. The lowest BCUT2D eigenvalue weighted by Gasteiger charge is -2.40. The van der Waals surface area contributed by atoms with Crippen LogP contribution >= 0.6 is 0 Å². The van der Waals surface area contributed by atoms with Gasteiger partial charge in [0.15, 0.2) is 0 Å². The molecule has 21 heavy (non-hydrogen) atoms. The molecule has 0 aliphatic heterocycles. The van der Waals surface area contributed by atoms with Crippen LogP contribution in [0, 0.1) is 5.41 Å². The molecule has 0 unspecified atom stereocenters. The van der Waals surface area contributed by atoms with Crippen molar-refractivity contribution in [2.75, 3.05) is 19.3 Å². The van der Waals surface area contributed by atoms with Gasteiger partial charge >= 0.3 is 0 Å². The first-order chi connectivity index (χ1) is 9.90. The molecular weight excluding hydrogens is 256 g/mol. The Hall–Kier alpha value is -1.02. The zero-order valence-corrected chi connectivity index (χ0v) is 13.9. The number of nitrogen functional groups attached to an aromatic ring is 1. The van der Waals surface area contributed by atoms with E-state index < -0.39 is 0 Å². The van der Waals surface area contributed by atoms with E-state index in [0.717, 1.165) is 11.7 Å². The van der Waals surface area contributed by atoms with Crippen LogP contribution in [-0.4, -0.2) is 24.5 Å². The quantitative estimate of drug-likeness (QED) is 0.840. The highest BCUT2D eigenvalue weighted by Gasteiger charge is 2.45. The van der Waals surface area contributed by atoms with Crippen molar-refractivity contribution in [3.8, 4) is 0 Å². The fraction of sp³-hybridized carbons (Fsp3) is 0.684. The highest BCUT2D eigenvalue weighted by Crippen LogP contribution is 2.49. The van der Waals surface area contributed by atoms with Gasteiger partial charge in [-0.2, -0.15) is 0 Å². The molecule has 1 aromatic rings. The van der Waals surface area contributed by atoms with E-state index in [1.54, 1.807) is 0 Å². The molecule has 116 valence electrons. The first kappa shape index (κ1) is 14.9. The van der Waals surface area contributed by atoms with Gasteiger partial charge in [0, 0.05) is 23.7 Å². The fourth-order valence-electron chi connectivity index (χ4n) is 3.96. The van der Waals surface area contributed by atoms with Crippen molar-refractivity contribution in [2.45, 2.75) is 63.8 Å². The number of nitrogens with zero attached hydrogens (tertiary/aromatic N) is 1. The Morgan fingerprint density at radius 2 is 1.62 bits per heavy atom. The number of rotatable bonds is 4. The third-order valence-electron chi connectivity index (χ3n) is 5.86. The average molecular weight is 286 g/mol. The van der Waals surface area contributed by atoms with Crippen LogP contribution in [0.4, 0.5) is 5.69 Å². The fourth-order valence-corrected chi connectivity index (χ4v) is 3.96. The number of benzene rings is 1. The van der Waals surface area contributed by atoms with Crippen molar-refractivity contribution >= 4 is 5.69 Å². The second kappa shape index (κ2) is 5.31. The summed E-state index contributed by atoms with van der Waals surface area (Å²) in [7, 11) is 2.33. The maximum atomic E-state index is 5.82. The van der Waals surface area contributed by atoms with Gasteiger partial charge in [0.05, 0.1) is 0 Å². The largest absolute Gasteiger partial charge is 0.399 e. The normalized spacial score (nSPS) is 24.2. The minimum Gasteiger partial charge on any atom is -0.399 e. The van der Waals surface area contributed by atoms with Gasteiger partial charge in [-0.1, -0.05) is 26.0 Å². The Balaban J connectivity index is 1.62. The van der Waals surface area contributed by atoms with Crippen LogP contribution in [0.2, 0.25) is 0 Å². The smallest absolute Gasteiger partial charge is 0.0314 e. The summed E-state index contributed by atoms with van der Waals surface area (Å²) in [5.74, 6) is 0. The van der Waals surface area contributed by atoms with Crippen molar-refractivity contribution in [2.24, 2.45) is 5.41 Å². The predicted molar refractivity (Wildman–Crippen MR) is 90.4 cm³/mol. The van der Waals surface area contributed by atoms with Crippen LogP contribution in [0.3, 0.4) is 0 Å². The molecule has 2 aliphatic rings. The maximum absolute atomic E-state index is 5.82. The molecule has 2 aliphatic carbocycles. The first-order valence-corrected chi connectivity index (χ1v) is 8.47. The lowest BCUT2D eigenvalue weighted by Crippen LogP contribution is -2.41. The molecule has 0 aromatic heterocycles. The van der Waals surface area contributed by atoms with E-state index in [1.165, 1.54) is 50.6 Å². The van der Waals surface area contributed by atoms with Gasteiger partial charge in [0.25, 0.3) is 0 Å². The van der Waals surface area contributed by atoms with E-state index >= 15 is 0 Å². The highest BCUT2D eigenvalue weighted by molar-refractivity contribution is 5.43. The molecule has 1 aromatic carbocycles. The number of likely N-dealkylation sites (N-methyl/N-ethyl adjacent to an activating group) is 1. The summed E-state index contributed by atoms with van der Waals surface area (Å²) in [5.41, 5.74) is 9.16. The summed E-state index contributed by atoms with van der Waals surface area (Å²) >= 11 is 0. The molecule has 0 atom stereocenters. The van der Waals surface area contributed by atoms with E-state index in [-0.39, 0.29) is 0 Å². The molecule has 2 nitrogen and oxygen atoms in total. The first-order valence-electron chi connectivity index (χ1n) is 8.47. The van der Waals surface area contributed by atoms with E-state index in [1.807, 2.05) is 0 Å². The molecule has 2 fully saturated rings. The minimum absolute atomic E-state index is 0.412. The van der Waals surface area contributed by atoms with E-state index in [0.29, 0.717) is 10.8 Å². The lowest BCUT2D eigenvalue weighted by molar-refractivity contribution is 0.120. The molecule has 2 N–H and O–H groups in total. The number of anilines is 1. The summed E-state index contributed by atoms with van der Waals surface area (Å²) in [6.07, 6.45) is 8.13. The monoisotopic (exact) mass is 286 g/mol. The number of hydrogen-bond donors (Lipinski definition) is 1. The van der Waals surface area contributed by atoms with Gasteiger partial charge in [0.2, 0.25) is 0 Å². The van der Waals surface area contributed by atoms with Crippen molar-refractivity contribution < 1.29 is 0 Å². The summed E-state index contributed by atoms with van der Waals surface area (Å²) in [5, 5.41) is 0. The van der Waals surface area contributed by atoms with Gasteiger partial charge in [-0.15, -0.1) is 0 Å². The van der Waals surface area contributed by atoms with Crippen LogP contribution in [0.1, 0.15) is 57.9 Å². The third-order valence-corrected chi connectivity index (χ3v) is 5.86. The van der Waals surface area contributed by atoms with E-state index in [4.69, 9.17) is 5.73 Å². The lowest BCUT2D eigenvalue weighted by atomic mass is 9.75. The second-order valence-electron chi connectivity index (χ2n) is 8.21. The van der Waals surface area contributed by atoms with E-state index in [2.05, 4.69) is 50.1 Å². The Morgan fingerprint density at radius 1 is 1.05 bits per heavy atom. The molecule has 0 amide bonds.